The summed E-state index contributed by atoms with van der Waals surface area (Å²) in [5.74, 6) is 0. The molecule has 0 N–H and O–H groups in total. The lowest BCUT2D eigenvalue weighted by Crippen LogP contribution is -2.17. The third-order valence-electron chi connectivity index (χ3n) is 1.76. The van der Waals surface area contributed by atoms with Crippen LogP contribution in [0.3, 0.4) is 0 Å². The summed E-state index contributed by atoms with van der Waals surface area (Å²) < 4.78 is 22.3. The van der Waals surface area contributed by atoms with Gasteiger partial charge in [-0.25, -0.2) is 8.42 Å². The molecule has 0 rings (SSSR count). The Hall–Kier alpha value is -0.640. The molecule has 0 radical (unpaired) electrons. The van der Waals surface area contributed by atoms with E-state index in [0.717, 1.165) is 18.4 Å². The molecule has 0 aromatic rings. The van der Waals surface area contributed by atoms with E-state index in [-0.39, 0.29) is 0 Å². The van der Waals surface area contributed by atoms with Gasteiger partial charge in [0, 0.05) is 12.7 Å². The molecule has 0 saturated carbocycles. The maximum absolute atomic E-state index is 11.1. The highest BCUT2D eigenvalue weighted by atomic mass is 32.2. The molecule has 13 heavy (non-hydrogen) atoms. The third kappa shape index (κ3) is 4.83. The minimum atomic E-state index is -3.12. The molecule has 4 heteroatoms. The lowest BCUT2D eigenvalue weighted by Gasteiger charge is -2.10. The minimum Gasteiger partial charge on any atom is -0.281 e. The van der Waals surface area contributed by atoms with Gasteiger partial charge in [-0.05, 0) is 13.1 Å². The molecule has 0 spiro atoms. The second-order valence-corrected chi connectivity index (χ2v) is 5.37. The van der Waals surface area contributed by atoms with Crippen LogP contribution in [0.4, 0.5) is 0 Å². The molecule has 0 aliphatic carbocycles. The van der Waals surface area contributed by atoms with E-state index in [9.17, 15) is 8.42 Å². The van der Waals surface area contributed by atoms with Gasteiger partial charge in [-0.3, -0.25) is 4.99 Å². The number of hydrogen-bond acceptors (Lipinski definition) is 3. The van der Waals surface area contributed by atoms with Gasteiger partial charge >= 0.3 is 0 Å². The fraction of sp³-hybridized carbons (Fsp3) is 0.667. The summed E-state index contributed by atoms with van der Waals surface area (Å²) in [6, 6.07) is 0. The average Bonchev–Trinajstić information content (AvgIpc) is 1.98. The van der Waals surface area contributed by atoms with Gasteiger partial charge in [-0.1, -0.05) is 25.5 Å². The molecule has 0 aromatic carbocycles. The molecule has 1 atom stereocenters. The molecular formula is C9H17NO2S. The van der Waals surface area contributed by atoms with Crippen molar-refractivity contribution in [3.63, 3.8) is 0 Å². The first-order chi connectivity index (χ1) is 5.91. The standard InChI is InChI=1S/C9H17NO2S/c1-5-6-8(2)7-9(10-3)13(4,11)12/h9H,2-3,5-7H2,1,4H3. The maximum atomic E-state index is 11.1. The van der Waals surface area contributed by atoms with Gasteiger partial charge < -0.3 is 0 Å². The fourth-order valence-electron chi connectivity index (χ4n) is 1.05. The summed E-state index contributed by atoms with van der Waals surface area (Å²) in [5, 5.41) is -0.716. The topological polar surface area (TPSA) is 46.5 Å². The quantitative estimate of drug-likeness (QED) is 0.488. The Kier molecular flexibility index (Phi) is 4.91. The summed E-state index contributed by atoms with van der Waals surface area (Å²) in [6.45, 7) is 9.09. The molecule has 0 aromatic heterocycles. The number of rotatable bonds is 6. The molecule has 76 valence electrons. The first kappa shape index (κ1) is 12.4. The Morgan fingerprint density at radius 3 is 2.38 bits per heavy atom. The van der Waals surface area contributed by atoms with Crippen LogP contribution in [0, 0.1) is 0 Å². The maximum Gasteiger partial charge on any atom is 0.170 e. The zero-order valence-corrected chi connectivity index (χ0v) is 9.10. The van der Waals surface area contributed by atoms with Gasteiger partial charge in [-0.15, -0.1) is 0 Å². The van der Waals surface area contributed by atoms with Gasteiger partial charge in [0.05, 0.1) is 0 Å². The molecule has 0 saturated heterocycles. The zero-order valence-electron chi connectivity index (χ0n) is 8.28. The molecule has 0 amide bonds. The van der Waals surface area contributed by atoms with E-state index in [0.29, 0.717) is 6.42 Å². The van der Waals surface area contributed by atoms with Crippen molar-refractivity contribution in [2.24, 2.45) is 4.99 Å². The average molecular weight is 203 g/mol. The van der Waals surface area contributed by atoms with E-state index in [1.165, 1.54) is 6.26 Å². The van der Waals surface area contributed by atoms with E-state index in [4.69, 9.17) is 0 Å². The van der Waals surface area contributed by atoms with Crippen molar-refractivity contribution in [2.75, 3.05) is 6.26 Å². The summed E-state index contributed by atoms with van der Waals surface area (Å²) in [7, 11) is -3.12. The van der Waals surface area contributed by atoms with Crippen LogP contribution in [0.2, 0.25) is 0 Å². The predicted molar refractivity (Wildman–Crippen MR) is 56.8 cm³/mol. The van der Waals surface area contributed by atoms with Gasteiger partial charge in [0.25, 0.3) is 0 Å². The van der Waals surface area contributed by atoms with E-state index in [2.05, 4.69) is 18.3 Å². The molecule has 0 bridgehead atoms. The number of hydrogen-bond donors (Lipinski definition) is 0. The van der Waals surface area contributed by atoms with Crippen LogP contribution in [0.5, 0.6) is 0 Å². The van der Waals surface area contributed by atoms with Crippen LogP contribution < -0.4 is 0 Å². The summed E-state index contributed by atoms with van der Waals surface area (Å²) in [4.78, 5) is 3.58. The minimum absolute atomic E-state index is 0.399. The summed E-state index contributed by atoms with van der Waals surface area (Å²) >= 11 is 0. The lowest BCUT2D eigenvalue weighted by atomic mass is 10.1. The van der Waals surface area contributed by atoms with Crippen LogP contribution in [0.15, 0.2) is 17.1 Å². The Balaban J connectivity index is 4.31. The van der Waals surface area contributed by atoms with Gasteiger partial charge in [-0.2, -0.15) is 0 Å². The third-order valence-corrected chi connectivity index (χ3v) is 3.07. The van der Waals surface area contributed by atoms with Crippen molar-refractivity contribution in [3.8, 4) is 0 Å². The zero-order chi connectivity index (χ0) is 10.5. The Labute approximate surface area is 80.5 Å². The fourth-order valence-corrected chi connectivity index (χ4v) is 1.86. The van der Waals surface area contributed by atoms with E-state index in [1.807, 2.05) is 6.92 Å². The normalized spacial score (nSPS) is 13.7. The first-order valence-corrected chi connectivity index (χ1v) is 6.18. The van der Waals surface area contributed by atoms with Crippen molar-refractivity contribution in [2.45, 2.75) is 31.6 Å². The number of nitrogens with zero attached hydrogens (tertiary/aromatic N) is 1. The largest absolute Gasteiger partial charge is 0.281 e. The van der Waals surface area contributed by atoms with Gasteiger partial charge in [0.15, 0.2) is 15.2 Å². The molecular weight excluding hydrogens is 186 g/mol. The van der Waals surface area contributed by atoms with Gasteiger partial charge in [0.1, 0.15) is 0 Å². The first-order valence-electron chi connectivity index (χ1n) is 4.23. The SMILES string of the molecule is C=NC(CC(=C)CCC)S(C)(=O)=O. The second kappa shape index (κ2) is 5.17. The highest BCUT2D eigenvalue weighted by Crippen LogP contribution is 2.15. The van der Waals surface area contributed by atoms with Crippen molar-refractivity contribution >= 4 is 16.6 Å². The van der Waals surface area contributed by atoms with Crippen molar-refractivity contribution in [1.29, 1.82) is 0 Å². The highest BCUT2D eigenvalue weighted by Gasteiger charge is 2.18. The molecule has 0 aliphatic heterocycles. The van der Waals surface area contributed by atoms with Crippen molar-refractivity contribution in [1.82, 2.24) is 0 Å². The van der Waals surface area contributed by atoms with Crippen LogP contribution in [0.1, 0.15) is 26.2 Å². The predicted octanol–water partition coefficient (Wildman–Crippen LogP) is 1.80. The Morgan fingerprint density at radius 1 is 1.54 bits per heavy atom. The van der Waals surface area contributed by atoms with Crippen LogP contribution >= 0.6 is 0 Å². The Morgan fingerprint density at radius 2 is 2.08 bits per heavy atom. The van der Waals surface area contributed by atoms with Crippen molar-refractivity contribution < 1.29 is 8.42 Å². The van der Waals surface area contributed by atoms with Crippen LogP contribution in [0.25, 0.3) is 0 Å². The summed E-state index contributed by atoms with van der Waals surface area (Å²) in [6.07, 6.45) is 3.40. The lowest BCUT2D eigenvalue weighted by molar-refractivity contribution is 0.585. The Bertz CT molecular complexity index is 280. The van der Waals surface area contributed by atoms with E-state index >= 15 is 0 Å². The smallest absolute Gasteiger partial charge is 0.170 e. The number of sulfone groups is 1. The van der Waals surface area contributed by atoms with Crippen LogP contribution in [-0.2, 0) is 9.84 Å². The second-order valence-electron chi connectivity index (χ2n) is 3.17. The molecule has 0 heterocycles. The molecule has 0 fully saturated rings. The monoisotopic (exact) mass is 203 g/mol. The highest BCUT2D eigenvalue weighted by molar-refractivity contribution is 7.91. The molecule has 0 aliphatic rings. The van der Waals surface area contributed by atoms with Crippen molar-refractivity contribution in [3.05, 3.63) is 12.2 Å². The molecule has 3 nitrogen and oxygen atoms in total. The molecule has 1 unspecified atom stereocenters. The van der Waals surface area contributed by atoms with E-state index in [1.54, 1.807) is 0 Å². The summed E-state index contributed by atoms with van der Waals surface area (Å²) in [5.41, 5.74) is 0.922. The van der Waals surface area contributed by atoms with Gasteiger partial charge in [0.2, 0.25) is 0 Å². The number of aliphatic imine (C=N–C) groups is 1. The van der Waals surface area contributed by atoms with E-state index < -0.39 is 15.2 Å². The van der Waals surface area contributed by atoms with Crippen LogP contribution in [-0.4, -0.2) is 26.8 Å².